The van der Waals surface area contributed by atoms with Gasteiger partial charge < -0.3 is 5.73 Å². The Labute approximate surface area is 97.4 Å². The molecule has 1 atom stereocenters. The smallest absolute Gasteiger partial charge is 0.137 e. The summed E-state index contributed by atoms with van der Waals surface area (Å²) in [4.78, 5) is 0. The first-order valence-electron chi connectivity index (χ1n) is 4.39. The predicted octanol–water partition coefficient (Wildman–Crippen LogP) is 3.42. The Bertz CT molecular complexity index is 328. The molecule has 0 amide bonds. The lowest BCUT2D eigenvalue weighted by molar-refractivity contribution is 0.597. The van der Waals surface area contributed by atoms with Crippen molar-refractivity contribution in [3.05, 3.63) is 34.1 Å². The monoisotopic (exact) mass is 279 g/mol. The molecule has 0 aromatic heterocycles. The van der Waals surface area contributed by atoms with Crippen molar-refractivity contribution in [1.82, 2.24) is 0 Å². The minimum atomic E-state index is -0.228. The van der Waals surface area contributed by atoms with Crippen molar-refractivity contribution in [2.75, 3.05) is 0 Å². The van der Waals surface area contributed by atoms with Crippen molar-refractivity contribution in [3.8, 4) is 0 Å². The standard InChI is InChI=1S/C10H11BrFN.ClH/c11-8-4-3-7(5-9(8)12)10(13)6-1-2-6;/h3-6,10H,1-2,13H2;1H/t10-;/m1./s1. The molecule has 14 heavy (non-hydrogen) atoms. The number of nitrogens with two attached hydrogens (primary N) is 1. The summed E-state index contributed by atoms with van der Waals surface area (Å²) < 4.78 is 13.6. The number of hydrogen-bond donors (Lipinski definition) is 1. The maximum absolute atomic E-state index is 13.1. The molecule has 0 aliphatic heterocycles. The van der Waals surface area contributed by atoms with E-state index in [1.165, 1.54) is 18.9 Å². The third kappa shape index (κ3) is 2.47. The first kappa shape index (κ1) is 12.0. The van der Waals surface area contributed by atoms with Crippen molar-refractivity contribution in [2.45, 2.75) is 18.9 Å². The van der Waals surface area contributed by atoms with Crippen LogP contribution < -0.4 is 5.73 Å². The van der Waals surface area contributed by atoms with Crippen molar-refractivity contribution in [1.29, 1.82) is 0 Å². The van der Waals surface area contributed by atoms with Gasteiger partial charge in [-0.15, -0.1) is 12.4 Å². The normalized spacial score (nSPS) is 17.4. The molecule has 1 fully saturated rings. The molecule has 1 aliphatic rings. The second kappa shape index (κ2) is 4.60. The van der Waals surface area contributed by atoms with Crippen LogP contribution in [-0.4, -0.2) is 0 Å². The first-order valence-corrected chi connectivity index (χ1v) is 5.18. The van der Waals surface area contributed by atoms with Crippen molar-refractivity contribution >= 4 is 28.3 Å². The highest BCUT2D eigenvalue weighted by Crippen LogP contribution is 2.39. The lowest BCUT2D eigenvalue weighted by atomic mass is 10.0. The van der Waals surface area contributed by atoms with E-state index >= 15 is 0 Å². The molecule has 0 unspecified atom stereocenters. The van der Waals surface area contributed by atoms with Crippen molar-refractivity contribution in [2.24, 2.45) is 11.7 Å². The van der Waals surface area contributed by atoms with E-state index in [-0.39, 0.29) is 24.3 Å². The van der Waals surface area contributed by atoms with Gasteiger partial charge in [0.25, 0.3) is 0 Å². The topological polar surface area (TPSA) is 26.0 Å². The predicted molar refractivity (Wildman–Crippen MR) is 61.0 cm³/mol. The van der Waals surface area contributed by atoms with Crippen molar-refractivity contribution < 1.29 is 4.39 Å². The van der Waals surface area contributed by atoms with Gasteiger partial charge in [0, 0.05) is 6.04 Å². The average Bonchev–Trinajstić information content (AvgIpc) is 2.91. The Morgan fingerprint density at radius 2 is 2.07 bits per heavy atom. The zero-order valence-corrected chi connectivity index (χ0v) is 9.94. The molecule has 0 spiro atoms. The zero-order chi connectivity index (χ0) is 9.42. The molecule has 1 aromatic rings. The van der Waals surface area contributed by atoms with Crippen LogP contribution in [0.3, 0.4) is 0 Å². The molecule has 2 rings (SSSR count). The summed E-state index contributed by atoms with van der Waals surface area (Å²) in [6.07, 6.45) is 2.36. The van der Waals surface area contributed by atoms with Crippen LogP contribution in [0, 0.1) is 11.7 Å². The average molecular weight is 281 g/mol. The summed E-state index contributed by atoms with van der Waals surface area (Å²) in [6, 6.07) is 5.14. The fourth-order valence-corrected chi connectivity index (χ4v) is 1.69. The van der Waals surface area contributed by atoms with Gasteiger partial charge in [-0.1, -0.05) is 6.07 Å². The summed E-state index contributed by atoms with van der Waals surface area (Å²) in [7, 11) is 0. The Kier molecular flexibility index (Phi) is 3.93. The van der Waals surface area contributed by atoms with E-state index in [1.54, 1.807) is 6.07 Å². The quantitative estimate of drug-likeness (QED) is 0.882. The molecule has 2 N–H and O–H groups in total. The molecule has 4 heteroatoms. The summed E-state index contributed by atoms with van der Waals surface area (Å²) in [6.45, 7) is 0. The van der Waals surface area contributed by atoms with Crippen LogP contribution in [0.25, 0.3) is 0 Å². The largest absolute Gasteiger partial charge is 0.324 e. The van der Waals surface area contributed by atoms with E-state index in [4.69, 9.17) is 5.73 Å². The van der Waals surface area contributed by atoms with Gasteiger partial charge in [0.05, 0.1) is 4.47 Å². The van der Waals surface area contributed by atoms with Crippen LogP contribution in [0.1, 0.15) is 24.4 Å². The Hall–Kier alpha value is -0.120. The summed E-state index contributed by atoms with van der Waals surface area (Å²) in [5.74, 6) is 0.342. The van der Waals surface area contributed by atoms with Gasteiger partial charge in [-0.3, -0.25) is 0 Å². The third-order valence-electron chi connectivity index (χ3n) is 2.46. The van der Waals surface area contributed by atoms with Crippen molar-refractivity contribution in [3.63, 3.8) is 0 Å². The lowest BCUT2D eigenvalue weighted by Gasteiger charge is -2.10. The molecule has 0 heterocycles. The van der Waals surface area contributed by atoms with Gasteiger partial charge in [0.1, 0.15) is 5.82 Å². The van der Waals surface area contributed by atoms with E-state index in [0.29, 0.717) is 10.4 Å². The van der Waals surface area contributed by atoms with Crippen LogP contribution in [0.15, 0.2) is 22.7 Å². The molecule has 78 valence electrons. The molecule has 1 aromatic carbocycles. The van der Waals surface area contributed by atoms with Crippen LogP contribution >= 0.6 is 28.3 Å². The van der Waals surface area contributed by atoms with Gasteiger partial charge in [-0.2, -0.15) is 0 Å². The van der Waals surface area contributed by atoms with Gasteiger partial charge in [-0.25, -0.2) is 4.39 Å². The number of benzene rings is 1. The summed E-state index contributed by atoms with van der Waals surface area (Å²) >= 11 is 3.12. The highest BCUT2D eigenvalue weighted by molar-refractivity contribution is 9.10. The SMILES string of the molecule is Cl.N[C@@H](c1ccc(Br)c(F)c1)C1CC1. The fraction of sp³-hybridized carbons (Fsp3) is 0.400. The maximum Gasteiger partial charge on any atom is 0.137 e. The molecule has 1 aliphatic carbocycles. The first-order chi connectivity index (χ1) is 6.18. The van der Waals surface area contributed by atoms with E-state index in [9.17, 15) is 4.39 Å². The zero-order valence-electron chi connectivity index (χ0n) is 7.54. The minimum absolute atomic E-state index is 0. The molecular formula is C10H12BrClFN. The Morgan fingerprint density at radius 1 is 1.43 bits per heavy atom. The number of rotatable bonds is 2. The molecule has 0 bridgehead atoms. The van der Waals surface area contributed by atoms with E-state index in [0.717, 1.165) is 5.56 Å². The molecule has 1 saturated carbocycles. The van der Waals surface area contributed by atoms with Crippen LogP contribution in [0.5, 0.6) is 0 Å². The second-order valence-corrected chi connectivity index (χ2v) is 4.39. The van der Waals surface area contributed by atoms with E-state index in [2.05, 4.69) is 15.9 Å². The summed E-state index contributed by atoms with van der Waals surface area (Å²) in [5.41, 5.74) is 6.84. The molecule has 0 saturated heterocycles. The van der Waals surface area contributed by atoms with Gasteiger partial charge >= 0.3 is 0 Å². The highest BCUT2D eigenvalue weighted by Gasteiger charge is 2.29. The van der Waals surface area contributed by atoms with Gasteiger partial charge in [0.15, 0.2) is 0 Å². The third-order valence-corrected chi connectivity index (χ3v) is 3.10. The van der Waals surface area contributed by atoms with Crippen LogP contribution in [0.2, 0.25) is 0 Å². The Morgan fingerprint density at radius 3 is 2.57 bits per heavy atom. The highest BCUT2D eigenvalue weighted by atomic mass is 79.9. The Balaban J connectivity index is 0.000000980. The number of hydrogen-bond acceptors (Lipinski definition) is 1. The molecule has 0 radical (unpaired) electrons. The number of halogens is 3. The molecule has 1 nitrogen and oxygen atoms in total. The fourth-order valence-electron chi connectivity index (χ4n) is 1.45. The second-order valence-electron chi connectivity index (χ2n) is 3.54. The van der Waals surface area contributed by atoms with Gasteiger partial charge in [-0.05, 0) is 52.4 Å². The lowest BCUT2D eigenvalue weighted by Crippen LogP contribution is -2.12. The van der Waals surface area contributed by atoms with Crippen LogP contribution in [0.4, 0.5) is 4.39 Å². The maximum atomic E-state index is 13.1. The van der Waals surface area contributed by atoms with Gasteiger partial charge in [0.2, 0.25) is 0 Å². The van der Waals surface area contributed by atoms with Crippen LogP contribution in [-0.2, 0) is 0 Å². The van der Waals surface area contributed by atoms with E-state index in [1.807, 2.05) is 6.07 Å². The molecular weight excluding hydrogens is 268 g/mol. The minimum Gasteiger partial charge on any atom is -0.324 e. The van der Waals surface area contributed by atoms with E-state index < -0.39 is 0 Å². The summed E-state index contributed by atoms with van der Waals surface area (Å²) in [5, 5.41) is 0.